The largest absolute Gasteiger partial charge is 0.472 e. The number of benzene rings is 1. The minimum Gasteiger partial charge on any atom is -0.472 e. The third-order valence-electron chi connectivity index (χ3n) is 3.38. The van der Waals surface area contributed by atoms with E-state index in [2.05, 4.69) is 10.6 Å². The summed E-state index contributed by atoms with van der Waals surface area (Å²) in [5.74, 6) is -0.541. The molecule has 0 spiro atoms. The number of furan rings is 1. The van der Waals surface area contributed by atoms with Gasteiger partial charge in [-0.2, -0.15) is 0 Å². The molecule has 23 heavy (non-hydrogen) atoms. The van der Waals surface area contributed by atoms with Gasteiger partial charge in [0.05, 0.1) is 11.8 Å². The smallest absolute Gasteiger partial charge is 0.255 e. The van der Waals surface area contributed by atoms with Crippen molar-refractivity contribution in [2.45, 2.75) is 25.8 Å². The number of hydrogen-bond donors (Lipinski definition) is 2. The average Bonchev–Trinajstić information content (AvgIpc) is 3.07. The summed E-state index contributed by atoms with van der Waals surface area (Å²) < 4.78 is 4.84. The van der Waals surface area contributed by atoms with E-state index in [4.69, 9.17) is 16.0 Å². The molecule has 1 aromatic heterocycles. The molecular formula is C17H19ClN2O3. The highest BCUT2D eigenvalue weighted by molar-refractivity contribution is 6.30. The van der Waals surface area contributed by atoms with Crippen LogP contribution in [0.25, 0.3) is 0 Å². The van der Waals surface area contributed by atoms with Crippen LogP contribution in [0.15, 0.2) is 47.3 Å². The van der Waals surface area contributed by atoms with Crippen molar-refractivity contribution in [1.82, 2.24) is 10.6 Å². The second-order valence-corrected chi connectivity index (χ2v) is 5.66. The highest BCUT2D eigenvalue weighted by Gasteiger charge is 2.16. The van der Waals surface area contributed by atoms with Gasteiger partial charge >= 0.3 is 0 Å². The molecule has 122 valence electrons. The predicted octanol–water partition coefficient (Wildman–Crippen LogP) is 2.80. The Hall–Kier alpha value is -2.27. The van der Waals surface area contributed by atoms with Gasteiger partial charge < -0.3 is 15.1 Å². The van der Waals surface area contributed by atoms with Gasteiger partial charge in [-0.05, 0) is 43.5 Å². The van der Waals surface area contributed by atoms with Crippen LogP contribution in [0.5, 0.6) is 0 Å². The maximum Gasteiger partial charge on any atom is 0.255 e. The van der Waals surface area contributed by atoms with E-state index in [1.165, 1.54) is 18.1 Å². The van der Waals surface area contributed by atoms with Crippen LogP contribution in [0, 0.1) is 0 Å². The molecule has 1 aromatic carbocycles. The molecule has 2 rings (SSSR count). The van der Waals surface area contributed by atoms with Crippen molar-refractivity contribution in [2.75, 3.05) is 6.54 Å². The van der Waals surface area contributed by atoms with Crippen LogP contribution in [0.1, 0.15) is 29.3 Å². The van der Waals surface area contributed by atoms with Gasteiger partial charge in [0.2, 0.25) is 5.91 Å². The number of halogens is 1. The number of nitrogens with one attached hydrogen (secondary N) is 2. The molecule has 1 unspecified atom stereocenters. The molecule has 1 heterocycles. The summed E-state index contributed by atoms with van der Waals surface area (Å²) in [5, 5.41) is 6.15. The summed E-state index contributed by atoms with van der Waals surface area (Å²) in [6.07, 6.45) is 4.42. The molecule has 2 N–H and O–H groups in total. The van der Waals surface area contributed by atoms with E-state index in [0.29, 0.717) is 17.1 Å². The fourth-order valence-corrected chi connectivity index (χ4v) is 2.17. The van der Waals surface area contributed by atoms with Crippen LogP contribution in [-0.4, -0.2) is 24.4 Å². The Bertz CT molecular complexity index is 638. The fourth-order valence-electron chi connectivity index (χ4n) is 2.05. The van der Waals surface area contributed by atoms with Crippen LogP contribution in [-0.2, 0) is 11.2 Å². The lowest BCUT2D eigenvalue weighted by atomic mass is 10.1. The lowest BCUT2D eigenvalue weighted by molar-refractivity contribution is -0.122. The van der Waals surface area contributed by atoms with E-state index in [-0.39, 0.29) is 11.8 Å². The molecule has 0 radical (unpaired) electrons. The Morgan fingerprint density at radius 2 is 1.96 bits per heavy atom. The highest BCUT2D eigenvalue weighted by Crippen LogP contribution is 2.10. The first kappa shape index (κ1) is 17.1. The summed E-state index contributed by atoms with van der Waals surface area (Å²) in [6, 6.07) is 8.58. The first-order valence-electron chi connectivity index (χ1n) is 7.41. The maximum atomic E-state index is 11.9. The van der Waals surface area contributed by atoms with Crippen LogP contribution in [0.4, 0.5) is 0 Å². The summed E-state index contributed by atoms with van der Waals surface area (Å²) in [5.41, 5.74) is 1.57. The van der Waals surface area contributed by atoms with Crippen molar-refractivity contribution in [1.29, 1.82) is 0 Å². The number of amides is 2. The quantitative estimate of drug-likeness (QED) is 0.765. The van der Waals surface area contributed by atoms with Gasteiger partial charge in [-0.3, -0.25) is 9.59 Å². The molecular weight excluding hydrogens is 316 g/mol. The Morgan fingerprint density at radius 1 is 1.22 bits per heavy atom. The molecule has 0 bridgehead atoms. The van der Waals surface area contributed by atoms with Gasteiger partial charge in [0.1, 0.15) is 12.3 Å². The van der Waals surface area contributed by atoms with Crippen molar-refractivity contribution >= 4 is 23.4 Å². The van der Waals surface area contributed by atoms with Crippen LogP contribution < -0.4 is 10.6 Å². The van der Waals surface area contributed by atoms with Gasteiger partial charge in [0.15, 0.2) is 0 Å². The van der Waals surface area contributed by atoms with Gasteiger partial charge in [-0.25, -0.2) is 0 Å². The summed E-state index contributed by atoms with van der Waals surface area (Å²) in [4.78, 5) is 23.7. The van der Waals surface area contributed by atoms with Gasteiger partial charge in [0, 0.05) is 11.6 Å². The Balaban J connectivity index is 1.67. The zero-order valence-corrected chi connectivity index (χ0v) is 13.6. The van der Waals surface area contributed by atoms with Crippen molar-refractivity contribution in [3.63, 3.8) is 0 Å². The van der Waals surface area contributed by atoms with E-state index >= 15 is 0 Å². The van der Waals surface area contributed by atoms with Crippen LogP contribution in [0.3, 0.4) is 0 Å². The molecule has 1 atom stereocenters. The molecule has 2 aromatic rings. The molecule has 5 nitrogen and oxygen atoms in total. The predicted molar refractivity (Wildman–Crippen MR) is 88.4 cm³/mol. The minimum atomic E-state index is -0.604. The topological polar surface area (TPSA) is 71.3 Å². The number of carbonyl (C=O) groups is 2. The van der Waals surface area contributed by atoms with Crippen molar-refractivity contribution < 1.29 is 14.0 Å². The molecule has 0 aliphatic carbocycles. The monoisotopic (exact) mass is 334 g/mol. The summed E-state index contributed by atoms with van der Waals surface area (Å²) >= 11 is 5.83. The zero-order chi connectivity index (χ0) is 16.7. The normalized spacial score (nSPS) is 11.7. The lowest BCUT2D eigenvalue weighted by Crippen LogP contribution is -2.45. The Morgan fingerprint density at radius 3 is 2.61 bits per heavy atom. The molecule has 2 amide bonds. The third kappa shape index (κ3) is 5.45. The summed E-state index contributed by atoms with van der Waals surface area (Å²) in [6.45, 7) is 2.19. The van der Waals surface area contributed by atoms with E-state index < -0.39 is 6.04 Å². The van der Waals surface area contributed by atoms with Gasteiger partial charge in [-0.15, -0.1) is 0 Å². The molecule has 0 aliphatic heterocycles. The van der Waals surface area contributed by atoms with E-state index in [9.17, 15) is 9.59 Å². The standard InChI is InChI=1S/C17H19ClN2O3/c1-12(20-17(22)14-8-10-23-11-14)16(21)19-9-2-3-13-4-6-15(18)7-5-13/h4-8,10-12H,2-3,9H2,1H3,(H,19,21)(H,20,22). The molecule has 0 aliphatic rings. The second-order valence-electron chi connectivity index (χ2n) is 5.23. The maximum absolute atomic E-state index is 11.9. The van der Waals surface area contributed by atoms with Crippen molar-refractivity contribution in [3.05, 3.63) is 59.0 Å². The molecule has 0 saturated heterocycles. The van der Waals surface area contributed by atoms with E-state index in [0.717, 1.165) is 12.8 Å². The van der Waals surface area contributed by atoms with Gasteiger partial charge in [0.25, 0.3) is 5.91 Å². The van der Waals surface area contributed by atoms with E-state index in [1.54, 1.807) is 13.0 Å². The van der Waals surface area contributed by atoms with Crippen molar-refractivity contribution in [2.24, 2.45) is 0 Å². The lowest BCUT2D eigenvalue weighted by Gasteiger charge is -2.13. The molecule has 0 fully saturated rings. The Labute approximate surface area is 140 Å². The number of hydrogen-bond acceptors (Lipinski definition) is 3. The fraction of sp³-hybridized carbons (Fsp3) is 0.294. The minimum absolute atomic E-state index is 0.210. The second kappa shape index (κ2) is 8.39. The van der Waals surface area contributed by atoms with Gasteiger partial charge in [-0.1, -0.05) is 23.7 Å². The number of rotatable bonds is 7. The van der Waals surface area contributed by atoms with Crippen LogP contribution in [0.2, 0.25) is 5.02 Å². The molecule has 0 saturated carbocycles. The van der Waals surface area contributed by atoms with E-state index in [1.807, 2.05) is 24.3 Å². The SMILES string of the molecule is CC(NC(=O)c1ccoc1)C(=O)NCCCc1ccc(Cl)cc1. The zero-order valence-electron chi connectivity index (χ0n) is 12.8. The van der Waals surface area contributed by atoms with Crippen LogP contribution >= 0.6 is 11.6 Å². The third-order valence-corrected chi connectivity index (χ3v) is 3.63. The Kier molecular flexibility index (Phi) is 6.23. The highest BCUT2D eigenvalue weighted by atomic mass is 35.5. The van der Waals surface area contributed by atoms with Crippen molar-refractivity contribution in [3.8, 4) is 0 Å². The number of carbonyl (C=O) groups excluding carboxylic acids is 2. The average molecular weight is 335 g/mol. The summed E-state index contributed by atoms with van der Waals surface area (Å²) in [7, 11) is 0. The first-order chi connectivity index (χ1) is 11.1. The molecule has 6 heteroatoms. The number of aryl methyl sites for hydroxylation is 1. The first-order valence-corrected chi connectivity index (χ1v) is 7.79.